The molecule has 0 aliphatic carbocycles. The van der Waals surface area contributed by atoms with Gasteiger partial charge in [0.05, 0.1) is 30.1 Å². The predicted octanol–water partition coefficient (Wildman–Crippen LogP) is 2.47. The number of halogens is 1. The summed E-state index contributed by atoms with van der Waals surface area (Å²) in [6, 6.07) is 3.11. The summed E-state index contributed by atoms with van der Waals surface area (Å²) in [7, 11) is 4.71. The number of anilines is 2. The van der Waals surface area contributed by atoms with Crippen molar-refractivity contribution in [2.24, 2.45) is 7.05 Å². The number of ether oxygens (including phenoxy) is 2. The van der Waals surface area contributed by atoms with Crippen LogP contribution < -0.4 is 21.0 Å². The van der Waals surface area contributed by atoms with Crippen LogP contribution in [0.4, 0.5) is 10.8 Å². The van der Waals surface area contributed by atoms with E-state index >= 15 is 0 Å². The Balaban J connectivity index is 1.81. The number of hydrogen-bond donors (Lipinski definition) is 2. The highest BCUT2D eigenvalue weighted by Gasteiger charge is 2.20. The molecule has 3 aromatic heterocycles. The molecule has 29 heavy (non-hydrogen) atoms. The van der Waals surface area contributed by atoms with Crippen LogP contribution in [0.5, 0.6) is 5.75 Å². The summed E-state index contributed by atoms with van der Waals surface area (Å²) < 4.78 is 16.9. The van der Waals surface area contributed by atoms with Crippen molar-refractivity contribution in [1.29, 1.82) is 0 Å². The van der Waals surface area contributed by atoms with Gasteiger partial charge in [-0.1, -0.05) is 22.9 Å². The van der Waals surface area contributed by atoms with Gasteiger partial charge in [-0.25, -0.2) is 4.79 Å². The molecule has 0 spiro atoms. The van der Waals surface area contributed by atoms with Crippen molar-refractivity contribution in [3.05, 3.63) is 39.5 Å². The van der Waals surface area contributed by atoms with Crippen molar-refractivity contribution >= 4 is 39.7 Å². The van der Waals surface area contributed by atoms with Crippen molar-refractivity contribution in [2.75, 3.05) is 38.0 Å². The highest BCUT2D eigenvalue weighted by molar-refractivity contribution is 7.18. The Bertz CT molecular complexity index is 1060. The number of aromatic nitrogens is 3. The molecule has 0 fully saturated rings. The molecule has 0 saturated carbocycles. The van der Waals surface area contributed by atoms with Crippen LogP contribution in [0.3, 0.4) is 0 Å². The van der Waals surface area contributed by atoms with E-state index in [4.69, 9.17) is 25.5 Å². The SMILES string of the molecule is COCCNc1cc(C(=O)Nc2nnc(-c3c(Cl)ccn3C)s2)oc(=O)c1OC. The molecular weight excluding hydrogens is 422 g/mol. The third kappa shape index (κ3) is 4.58. The van der Waals surface area contributed by atoms with Gasteiger partial charge in [-0.05, 0) is 6.07 Å². The van der Waals surface area contributed by atoms with Gasteiger partial charge in [-0.2, -0.15) is 0 Å². The molecule has 12 heteroatoms. The van der Waals surface area contributed by atoms with Gasteiger partial charge in [0.2, 0.25) is 10.9 Å². The molecular formula is C17H18ClN5O5S. The third-order valence-electron chi connectivity index (χ3n) is 3.83. The molecule has 0 aliphatic rings. The summed E-state index contributed by atoms with van der Waals surface area (Å²) in [4.78, 5) is 24.7. The van der Waals surface area contributed by atoms with Crippen LogP contribution in [-0.2, 0) is 11.8 Å². The van der Waals surface area contributed by atoms with Gasteiger partial charge in [0.1, 0.15) is 0 Å². The van der Waals surface area contributed by atoms with Crippen molar-refractivity contribution in [2.45, 2.75) is 0 Å². The van der Waals surface area contributed by atoms with Gasteiger partial charge in [0.25, 0.3) is 5.91 Å². The molecule has 3 rings (SSSR count). The van der Waals surface area contributed by atoms with E-state index < -0.39 is 11.5 Å². The van der Waals surface area contributed by atoms with Gasteiger partial charge in [-0.15, -0.1) is 10.2 Å². The Kier molecular flexibility index (Phi) is 6.52. The molecule has 0 atom stereocenters. The lowest BCUT2D eigenvalue weighted by molar-refractivity contribution is 0.0991. The Morgan fingerprint density at radius 1 is 1.38 bits per heavy atom. The Morgan fingerprint density at radius 3 is 2.83 bits per heavy atom. The van der Waals surface area contributed by atoms with E-state index in [0.29, 0.717) is 34.6 Å². The summed E-state index contributed by atoms with van der Waals surface area (Å²) in [5.41, 5.74) is 0.221. The van der Waals surface area contributed by atoms with Crippen LogP contribution in [0.25, 0.3) is 10.7 Å². The molecule has 0 aromatic carbocycles. The average Bonchev–Trinajstić information content (AvgIpc) is 3.27. The zero-order valence-corrected chi connectivity index (χ0v) is 17.4. The Hall–Kier alpha value is -2.89. The Labute approximate surface area is 174 Å². The highest BCUT2D eigenvalue weighted by atomic mass is 35.5. The lowest BCUT2D eigenvalue weighted by Crippen LogP contribution is -2.18. The molecule has 0 bridgehead atoms. The lowest BCUT2D eigenvalue weighted by atomic mass is 10.3. The van der Waals surface area contributed by atoms with E-state index in [0.717, 1.165) is 11.3 Å². The van der Waals surface area contributed by atoms with Crippen LogP contribution in [0, 0.1) is 0 Å². The van der Waals surface area contributed by atoms with Crippen LogP contribution >= 0.6 is 22.9 Å². The van der Waals surface area contributed by atoms with Crippen LogP contribution in [0.15, 0.2) is 27.5 Å². The zero-order valence-electron chi connectivity index (χ0n) is 15.8. The first-order chi connectivity index (χ1) is 13.9. The van der Waals surface area contributed by atoms with Crippen molar-refractivity contribution < 1.29 is 18.7 Å². The molecule has 10 nitrogen and oxygen atoms in total. The fourth-order valence-electron chi connectivity index (χ4n) is 2.49. The van der Waals surface area contributed by atoms with Crippen molar-refractivity contribution in [3.8, 4) is 16.5 Å². The number of carbonyl (C=O) groups is 1. The van der Waals surface area contributed by atoms with Gasteiger partial charge in [0.15, 0.2) is 10.8 Å². The van der Waals surface area contributed by atoms with Gasteiger partial charge in [-0.3, -0.25) is 10.1 Å². The normalized spacial score (nSPS) is 10.8. The number of nitrogens with zero attached hydrogens (tertiary/aromatic N) is 3. The number of hydrogen-bond acceptors (Lipinski definition) is 9. The maximum absolute atomic E-state index is 12.5. The van der Waals surface area contributed by atoms with E-state index in [2.05, 4.69) is 20.8 Å². The van der Waals surface area contributed by atoms with E-state index in [1.807, 2.05) is 7.05 Å². The first-order valence-electron chi connectivity index (χ1n) is 8.35. The smallest absolute Gasteiger partial charge is 0.381 e. The highest BCUT2D eigenvalue weighted by Crippen LogP contribution is 2.32. The van der Waals surface area contributed by atoms with E-state index in [-0.39, 0.29) is 16.6 Å². The Morgan fingerprint density at radius 2 is 2.17 bits per heavy atom. The van der Waals surface area contributed by atoms with Crippen LogP contribution in [0.2, 0.25) is 5.02 Å². The number of aryl methyl sites for hydroxylation is 1. The first-order valence-corrected chi connectivity index (χ1v) is 9.55. The molecule has 1 amide bonds. The molecule has 2 N–H and O–H groups in total. The number of amides is 1. The summed E-state index contributed by atoms with van der Waals surface area (Å²) in [5.74, 6) is -0.890. The monoisotopic (exact) mass is 439 g/mol. The van der Waals surface area contributed by atoms with Gasteiger partial charge < -0.3 is 23.8 Å². The largest absolute Gasteiger partial charge is 0.488 e. The second kappa shape index (κ2) is 9.07. The quantitative estimate of drug-likeness (QED) is 0.513. The maximum atomic E-state index is 12.5. The summed E-state index contributed by atoms with van der Waals surface area (Å²) in [6.45, 7) is 0.814. The fraction of sp³-hybridized carbons (Fsp3) is 0.294. The molecule has 154 valence electrons. The minimum atomic E-state index is -0.784. The minimum absolute atomic E-state index is 0.0331. The maximum Gasteiger partial charge on any atom is 0.381 e. The molecule has 0 aliphatic heterocycles. The fourth-order valence-corrected chi connectivity index (χ4v) is 3.66. The average molecular weight is 440 g/mol. The number of carbonyl (C=O) groups excluding carboxylic acids is 1. The molecule has 3 heterocycles. The second-order valence-electron chi connectivity index (χ2n) is 5.75. The second-order valence-corrected chi connectivity index (χ2v) is 7.14. The number of rotatable bonds is 8. The van der Waals surface area contributed by atoms with E-state index in [1.165, 1.54) is 13.2 Å². The summed E-state index contributed by atoms with van der Waals surface area (Å²) in [5, 5.41) is 14.8. The van der Waals surface area contributed by atoms with E-state index in [1.54, 1.807) is 23.9 Å². The number of nitrogens with one attached hydrogen (secondary N) is 2. The number of methoxy groups -OCH3 is 2. The van der Waals surface area contributed by atoms with Gasteiger partial charge >= 0.3 is 5.63 Å². The van der Waals surface area contributed by atoms with Crippen LogP contribution in [0.1, 0.15) is 10.6 Å². The standard InChI is InChI=1S/C17H18ClN5O5S/c1-23-6-4-9(18)12(23)15-21-22-17(29-15)20-14(24)11-8-10(19-5-7-26-2)13(27-3)16(25)28-11/h4,6,8,19H,5,7H2,1-3H3,(H,20,22,24). The van der Waals surface area contributed by atoms with Gasteiger partial charge in [0, 0.05) is 33.0 Å². The predicted molar refractivity (Wildman–Crippen MR) is 109 cm³/mol. The molecule has 3 aromatic rings. The topological polar surface area (TPSA) is 121 Å². The summed E-state index contributed by atoms with van der Waals surface area (Å²) in [6.07, 6.45) is 1.79. The minimum Gasteiger partial charge on any atom is -0.488 e. The van der Waals surface area contributed by atoms with Crippen molar-refractivity contribution in [3.63, 3.8) is 0 Å². The first kappa shape index (κ1) is 20.8. The van der Waals surface area contributed by atoms with Crippen LogP contribution in [-0.4, -0.2) is 48.0 Å². The molecule has 0 saturated heterocycles. The zero-order chi connectivity index (χ0) is 21.0. The summed E-state index contributed by atoms with van der Waals surface area (Å²) >= 11 is 7.30. The lowest BCUT2D eigenvalue weighted by Gasteiger charge is -2.10. The van der Waals surface area contributed by atoms with E-state index in [9.17, 15) is 9.59 Å². The molecule has 0 radical (unpaired) electrons. The van der Waals surface area contributed by atoms with Crippen molar-refractivity contribution in [1.82, 2.24) is 14.8 Å². The molecule has 0 unspecified atom stereocenters. The third-order valence-corrected chi connectivity index (χ3v) is 4.98.